The molecule has 0 bridgehead atoms. The fourth-order valence-corrected chi connectivity index (χ4v) is 4.43. The van der Waals surface area contributed by atoms with Gasteiger partial charge in [0, 0.05) is 13.1 Å². The molecule has 1 saturated heterocycles. The van der Waals surface area contributed by atoms with E-state index in [-0.39, 0.29) is 41.1 Å². The van der Waals surface area contributed by atoms with E-state index in [9.17, 15) is 18.0 Å². The number of carbonyl (C=O) groups excluding carboxylic acids is 2. The second kappa shape index (κ2) is 9.93. The predicted octanol–water partition coefficient (Wildman–Crippen LogP) is 0.561. The first-order valence-electron chi connectivity index (χ1n) is 8.09. The van der Waals surface area contributed by atoms with E-state index in [1.807, 2.05) is 0 Å². The van der Waals surface area contributed by atoms with Crippen molar-refractivity contribution in [3.63, 3.8) is 0 Å². The number of ether oxygens (including phenoxy) is 3. The number of esters is 1. The van der Waals surface area contributed by atoms with Crippen molar-refractivity contribution in [1.29, 1.82) is 0 Å². The minimum Gasteiger partial charge on any atom is -0.495 e. The summed E-state index contributed by atoms with van der Waals surface area (Å²) in [5.41, 5.74) is 0.246. The van der Waals surface area contributed by atoms with Gasteiger partial charge in [0.15, 0.2) is 0 Å². The third-order valence-electron chi connectivity index (χ3n) is 3.73. The number of nitrogens with zero attached hydrogens (tertiary/aromatic N) is 1. The average Bonchev–Trinajstić information content (AvgIpc) is 2.68. The van der Waals surface area contributed by atoms with Crippen LogP contribution in [0.4, 0.5) is 5.69 Å². The number of hydrogen-bond donors (Lipinski definition) is 1. The highest BCUT2D eigenvalue weighted by Crippen LogP contribution is 2.29. The van der Waals surface area contributed by atoms with Gasteiger partial charge in [0.2, 0.25) is 15.9 Å². The number of anilines is 1. The van der Waals surface area contributed by atoms with Crippen LogP contribution in [0.2, 0.25) is 0 Å². The molecule has 1 aromatic rings. The summed E-state index contributed by atoms with van der Waals surface area (Å²) in [5.74, 6) is -0.417. The number of benzene rings is 1. The Hall–Kier alpha value is -1.82. The Bertz CT molecular complexity index is 777. The van der Waals surface area contributed by atoms with Crippen molar-refractivity contribution in [2.75, 3.05) is 57.3 Å². The molecule has 1 N–H and O–H groups in total. The zero-order chi connectivity index (χ0) is 19.9. The molecule has 1 heterocycles. The van der Waals surface area contributed by atoms with Crippen LogP contribution in [-0.2, 0) is 29.1 Å². The molecule has 1 amide bonds. The number of sulfonamides is 1. The Kier molecular flexibility index (Phi) is 7.90. The SMILES string of the molecule is COC(=O)CSCC(=O)Nc1cc(S(=O)(=O)N2CCOCC2)ccc1OC. The summed E-state index contributed by atoms with van der Waals surface area (Å²) >= 11 is 1.09. The first kappa shape index (κ1) is 21.5. The summed E-state index contributed by atoms with van der Waals surface area (Å²) in [4.78, 5) is 23.2. The lowest BCUT2D eigenvalue weighted by atomic mass is 10.3. The average molecular weight is 418 g/mol. The quantitative estimate of drug-likeness (QED) is 0.610. The predicted molar refractivity (Wildman–Crippen MR) is 101 cm³/mol. The molecule has 11 heteroatoms. The Morgan fingerprint density at radius 2 is 1.93 bits per heavy atom. The monoisotopic (exact) mass is 418 g/mol. The second-order valence-corrected chi connectivity index (χ2v) is 8.42. The molecule has 0 saturated carbocycles. The van der Waals surface area contributed by atoms with Gasteiger partial charge in [-0.2, -0.15) is 4.31 Å². The number of amides is 1. The van der Waals surface area contributed by atoms with Gasteiger partial charge in [-0.1, -0.05) is 0 Å². The van der Waals surface area contributed by atoms with Crippen molar-refractivity contribution < 1.29 is 32.2 Å². The van der Waals surface area contributed by atoms with Crippen LogP contribution in [0.1, 0.15) is 0 Å². The molecule has 27 heavy (non-hydrogen) atoms. The second-order valence-electron chi connectivity index (χ2n) is 5.50. The summed E-state index contributed by atoms with van der Waals surface area (Å²) in [5, 5.41) is 2.62. The van der Waals surface area contributed by atoms with Crippen molar-refractivity contribution in [3.05, 3.63) is 18.2 Å². The maximum Gasteiger partial charge on any atom is 0.315 e. The molecular weight excluding hydrogens is 396 g/mol. The fourth-order valence-electron chi connectivity index (χ4n) is 2.35. The molecule has 0 aliphatic carbocycles. The van der Waals surface area contributed by atoms with Gasteiger partial charge < -0.3 is 19.5 Å². The van der Waals surface area contributed by atoms with Gasteiger partial charge in [-0.25, -0.2) is 8.42 Å². The first-order valence-corrected chi connectivity index (χ1v) is 10.7. The van der Waals surface area contributed by atoms with Crippen molar-refractivity contribution >= 4 is 39.3 Å². The van der Waals surface area contributed by atoms with Gasteiger partial charge in [0.1, 0.15) is 5.75 Å². The van der Waals surface area contributed by atoms with Crippen molar-refractivity contribution in [1.82, 2.24) is 4.31 Å². The molecule has 1 aliphatic heterocycles. The number of hydrogen-bond acceptors (Lipinski definition) is 8. The Balaban J connectivity index is 2.12. The Morgan fingerprint density at radius 1 is 1.22 bits per heavy atom. The Labute approximate surface area is 162 Å². The van der Waals surface area contributed by atoms with Crippen LogP contribution < -0.4 is 10.1 Å². The van der Waals surface area contributed by atoms with Crippen LogP contribution >= 0.6 is 11.8 Å². The van der Waals surface area contributed by atoms with Gasteiger partial charge in [0.25, 0.3) is 0 Å². The van der Waals surface area contributed by atoms with Gasteiger partial charge >= 0.3 is 5.97 Å². The van der Waals surface area contributed by atoms with E-state index in [1.165, 1.54) is 36.7 Å². The van der Waals surface area contributed by atoms with E-state index < -0.39 is 16.0 Å². The number of thioether (sulfide) groups is 1. The largest absolute Gasteiger partial charge is 0.495 e. The van der Waals surface area contributed by atoms with Gasteiger partial charge in [-0.05, 0) is 18.2 Å². The van der Waals surface area contributed by atoms with Crippen molar-refractivity contribution in [2.24, 2.45) is 0 Å². The lowest BCUT2D eigenvalue weighted by molar-refractivity contribution is -0.137. The molecule has 150 valence electrons. The normalized spacial score (nSPS) is 15.2. The van der Waals surface area contributed by atoms with E-state index in [0.29, 0.717) is 19.0 Å². The molecule has 0 radical (unpaired) electrons. The van der Waals surface area contributed by atoms with E-state index in [1.54, 1.807) is 0 Å². The van der Waals surface area contributed by atoms with E-state index in [0.717, 1.165) is 11.8 Å². The van der Waals surface area contributed by atoms with Crippen molar-refractivity contribution in [2.45, 2.75) is 4.90 Å². The number of morpholine rings is 1. The maximum atomic E-state index is 12.8. The summed E-state index contributed by atoms with van der Waals surface area (Å²) in [6, 6.07) is 4.29. The minimum absolute atomic E-state index is 0.0126. The molecule has 0 aromatic heterocycles. The molecule has 0 spiro atoms. The minimum atomic E-state index is -3.70. The highest BCUT2D eigenvalue weighted by atomic mass is 32.2. The zero-order valence-corrected chi connectivity index (χ0v) is 16.7. The molecule has 1 aliphatic rings. The number of carbonyl (C=O) groups is 2. The summed E-state index contributed by atoms with van der Waals surface area (Å²) in [7, 11) is -1.00. The highest BCUT2D eigenvalue weighted by molar-refractivity contribution is 8.00. The summed E-state index contributed by atoms with van der Waals surface area (Å²) < 4.78 is 41.8. The summed E-state index contributed by atoms with van der Waals surface area (Å²) in [6.45, 7) is 1.24. The molecular formula is C16H22N2O7S2. The Morgan fingerprint density at radius 3 is 2.56 bits per heavy atom. The fraction of sp³-hybridized carbons (Fsp3) is 0.500. The smallest absolute Gasteiger partial charge is 0.315 e. The van der Waals surface area contributed by atoms with Gasteiger partial charge in [0.05, 0.1) is 49.5 Å². The molecule has 1 fully saturated rings. The van der Waals surface area contributed by atoms with Crippen LogP contribution in [0, 0.1) is 0 Å². The van der Waals surface area contributed by atoms with Crippen LogP contribution in [0.15, 0.2) is 23.1 Å². The maximum absolute atomic E-state index is 12.8. The van der Waals surface area contributed by atoms with Gasteiger partial charge in [-0.15, -0.1) is 11.8 Å². The number of rotatable bonds is 8. The van der Waals surface area contributed by atoms with Crippen LogP contribution in [0.5, 0.6) is 5.75 Å². The molecule has 9 nitrogen and oxygen atoms in total. The lowest BCUT2D eigenvalue weighted by Crippen LogP contribution is -2.40. The molecule has 0 atom stereocenters. The highest BCUT2D eigenvalue weighted by Gasteiger charge is 2.27. The third-order valence-corrected chi connectivity index (χ3v) is 6.53. The molecule has 1 aromatic carbocycles. The van der Waals surface area contributed by atoms with Crippen LogP contribution in [0.25, 0.3) is 0 Å². The topological polar surface area (TPSA) is 111 Å². The molecule has 0 unspecified atom stereocenters. The standard InChI is InChI=1S/C16H22N2O7S2/c1-23-14-4-3-12(27(21,22)18-5-7-25-8-6-18)9-13(14)17-15(19)10-26-11-16(20)24-2/h3-4,9H,5-8,10-11H2,1-2H3,(H,17,19). The van der Waals surface area contributed by atoms with Crippen LogP contribution in [0.3, 0.4) is 0 Å². The van der Waals surface area contributed by atoms with E-state index in [4.69, 9.17) is 9.47 Å². The molecule has 2 rings (SSSR count). The van der Waals surface area contributed by atoms with E-state index >= 15 is 0 Å². The third kappa shape index (κ3) is 5.83. The van der Waals surface area contributed by atoms with Crippen LogP contribution in [-0.4, -0.2) is 76.6 Å². The number of nitrogens with one attached hydrogen (secondary N) is 1. The number of methoxy groups -OCH3 is 2. The van der Waals surface area contributed by atoms with Gasteiger partial charge in [-0.3, -0.25) is 9.59 Å². The van der Waals surface area contributed by atoms with Crippen molar-refractivity contribution in [3.8, 4) is 5.75 Å². The lowest BCUT2D eigenvalue weighted by Gasteiger charge is -2.26. The first-order chi connectivity index (χ1) is 12.9. The summed E-state index contributed by atoms with van der Waals surface area (Å²) in [6.07, 6.45) is 0. The van der Waals surface area contributed by atoms with E-state index in [2.05, 4.69) is 10.1 Å². The zero-order valence-electron chi connectivity index (χ0n) is 15.1.